The van der Waals surface area contributed by atoms with Gasteiger partial charge in [-0.15, -0.1) is 11.3 Å². The molecule has 2 aromatic heterocycles. The van der Waals surface area contributed by atoms with E-state index in [2.05, 4.69) is 32.1 Å². The molecule has 0 atom stereocenters. The first-order chi connectivity index (χ1) is 10.8. The van der Waals surface area contributed by atoms with Gasteiger partial charge in [-0.1, -0.05) is 6.42 Å². The van der Waals surface area contributed by atoms with E-state index in [0.29, 0.717) is 0 Å². The standard InChI is InChI=1S/C17H24N4S/c1-13-11-22-16-15(13)18-12-19-17(16)21-9-5-14(6-10-21)20-7-3-2-4-8-20/h11-12,14H,2-10H2,1H3. The minimum Gasteiger partial charge on any atom is -0.355 e. The maximum Gasteiger partial charge on any atom is 0.150 e. The van der Waals surface area contributed by atoms with E-state index in [1.54, 1.807) is 17.7 Å². The third-order valence-electron chi connectivity index (χ3n) is 5.18. The largest absolute Gasteiger partial charge is 0.355 e. The summed E-state index contributed by atoms with van der Waals surface area (Å²) < 4.78 is 1.26. The third kappa shape index (κ3) is 2.61. The average Bonchev–Trinajstić information content (AvgIpc) is 2.97. The van der Waals surface area contributed by atoms with Gasteiger partial charge in [0.15, 0.2) is 0 Å². The number of likely N-dealkylation sites (tertiary alicyclic amines) is 1. The van der Waals surface area contributed by atoms with Crippen molar-refractivity contribution in [2.75, 3.05) is 31.1 Å². The van der Waals surface area contributed by atoms with Crippen LogP contribution < -0.4 is 4.90 Å². The Morgan fingerprint density at radius 1 is 1.05 bits per heavy atom. The Hall–Kier alpha value is -1.20. The van der Waals surface area contributed by atoms with Gasteiger partial charge in [0, 0.05) is 19.1 Å². The quantitative estimate of drug-likeness (QED) is 0.849. The smallest absolute Gasteiger partial charge is 0.150 e. The first-order valence-corrected chi connectivity index (χ1v) is 9.38. The van der Waals surface area contributed by atoms with E-state index in [1.807, 2.05) is 0 Å². The first kappa shape index (κ1) is 14.4. The van der Waals surface area contributed by atoms with Gasteiger partial charge >= 0.3 is 0 Å². The number of anilines is 1. The lowest BCUT2D eigenvalue weighted by Gasteiger charge is -2.40. The van der Waals surface area contributed by atoms with E-state index >= 15 is 0 Å². The number of thiophene rings is 1. The SMILES string of the molecule is Cc1csc2c(N3CCC(N4CCCCC4)CC3)ncnc12. The molecule has 2 saturated heterocycles. The van der Waals surface area contributed by atoms with E-state index < -0.39 is 0 Å². The zero-order chi connectivity index (χ0) is 14.9. The Balaban J connectivity index is 1.48. The molecule has 4 nitrogen and oxygen atoms in total. The molecule has 0 radical (unpaired) electrons. The summed E-state index contributed by atoms with van der Waals surface area (Å²) in [5.41, 5.74) is 2.40. The monoisotopic (exact) mass is 316 g/mol. The molecule has 2 aromatic rings. The highest BCUT2D eigenvalue weighted by atomic mass is 32.1. The highest BCUT2D eigenvalue weighted by Crippen LogP contribution is 2.32. The van der Waals surface area contributed by atoms with E-state index in [4.69, 9.17) is 0 Å². The topological polar surface area (TPSA) is 32.3 Å². The normalized spacial score (nSPS) is 21.6. The molecule has 22 heavy (non-hydrogen) atoms. The molecule has 0 spiro atoms. The Morgan fingerprint density at radius 2 is 1.82 bits per heavy atom. The number of piperidine rings is 2. The van der Waals surface area contributed by atoms with Crippen molar-refractivity contribution < 1.29 is 0 Å². The summed E-state index contributed by atoms with van der Waals surface area (Å²) in [6.45, 7) is 7.02. The van der Waals surface area contributed by atoms with Crippen LogP contribution in [0.3, 0.4) is 0 Å². The lowest BCUT2D eigenvalue weighted by molar-refractivity contribution is 0.141. The number of hydrogen-bond donors (Lipinski definition) is 0. The molecule has 0 unspecified atom stereocenters. The van der Waals surface area contributed by atoms with Gasteiger partial charge in [-0.05, 0) is 56.6 Å². The molecule has 0 amide bonds. The van der Waals surface area contributed by atoms with Crippen LogP contribution in [-0.4, -0.2) is 47.1 Å². The second-order valence-electron chi connectivity index (χ2n) is 6.61. The van der Waals surface area contributed by atoms with Crippen molar-refractivity contribution in [3.8, 4) is 0 Å². The van der Waals surface area contributed by atoms with Crippen molar-refractivity contribution >= 4 is 27.4 Å². The molecule has 0 N–H and O–H groups in total. The predicted octanol–water partition coefficient (Wildman–Crippen LogP) is 3.45. The fourth-order valence-electron chi connectivity index (χ4n) is 3.91. The number of rotatable bonds is 2. The van der Waals surface area contributed by atoms with Crippen molar-refractivity contribution in [3.63, 3.8) is 0 Å². The molecule has 2 fully saturated rings. The molecule has 0 saturated carbocycles. The summed E-state index contributed by atoms with van der Waals surface area (Å²) >= 11 is 1.79. The van der Waals surface area contributed by atoms with Gasteiger partial charge < -0.3 is 9.80 Å². The highest BCUT2D eigenvalue weighted by Gasteiger charge is 2.27. The minimum atomic E-state index is 0.791. The van der Waals surface area contributed by atoms with Crippen molar-refractivity contribution in [1.82, 2.24) is 14.9 Å². The van der Waals surface area contributed by atoms with Crippen molar-refractivity contribution in [2.45, 2.75) is 45.1 Å². The summed E-state index contributed by atoms with van der Waals surface area (Å²) in [4.78, 5) is 14.2. The molecule has 0 bridgehead atoms. The third-order valence-corrected chi connectivity index (χ3v) is 6.27. The molecule has 4 rings (SSSR count). The predicted molar refractivity (Wildman–Crippen MR) is 92.8 cm³/mol. The maximum absolute atomic E-state index is 4.59. The highest BCUT2D eigenvalue weighted by molar-refractivity contribution is 7.18. The van der Waals surface area contributed by atoms with Gasteiger partial charge in [0.2, 0.25) is 0 Å². The summed E-state index contributed by atoms with van der Waals surface area (Å²) in [5, 5.41) is 2.20. The number of nitrogens with zero attached hydrogens (tertiary/aromatic N) is 4. The van der Waals surface area contributed by atoms with Gasteiger partial charge in [-0.2, -0.15) is 0 Å². The lowest BCUT2D eigenvalue weighted by Crippen LogP contribution is -2.47. The van der Waals surface area contributed by atoms with Crippen molar-refractivity contribution in [1.29, 1.82) is 0 Å². The second kappa shape index (κ2) is 6.13. The molecular formula is C17H24N4S. The van der Waals surface area contributed by atoms with E-state index in [0.717, 1.165) is 30.5 Å². The summed E-state index contributed by atoms with van der Waals surface area (Å²) in [7, 11) is 0. The van der Waals surface area contributed by atoms with Gasteiger partial charge in [0.05, 0.1) is 10.2 Å². The molecule has 2 aliphatic rings. The molecule has 0 aromatic carbocycles. The number of aromatic nitrogens is 2. The number of hydrogen-bond acceptors (Lipinski definition) is 5. The minimum absolute atomic E-state index is 0.791. The van der Waals surface area contributed by atoms with Gasteiger partial charge in [-0.3, -0.25) is 0 Å². The summed E-state index contributed by atoms with van der Waals surface area (Å²) in [6, 6.07) is 0.791. The van der Waals surface area contributed by atoms with Crippen LogP contribution in [0.25, 0.3) is 10.2 Å². The Kier molecular flexibility index (Phi) is 4.01. The zero-order valence-electron chi connectivity index (χ0n) is 13.3. The summed E-state index contributed by atoms with van der Waals surface area (Å²) in [5.74, 6) is 1.15. The maximum atomic E-state index is 4.59. The second-order valence-corrected chi connectivity index (χ2v) is 7.49. The van der Waals surface area contributed by atoms with E-state index in [-0.39, 0.29) is 0 Å². The van der Waals surface area contributed by atoms with Crippen molar-refractivity contribution in [3.05, 3.63) is 17.3 Å². The van der Waals surface area contributed by atoms with Crippen LogP contribution >= 0.6 is 11.3 Å². The van der Waals surface area contributed by atoms with E-state index in [1.165, 1.54) is 55.5 Å². The molecule has 118 valence electrons. The fourth-order valence-corrected chi connectivity index (χ4v) is 4.93. The molecule has 4 heterocycles. The first-order valence-electron chi connectivity index (χ1n) is 8.51. The Labute approximate surface area is 136 Å². The van der Waals surface area contributed by atoms with Crippen LogP contribution in [0.1, 0.15) is 37.7 Å². The van der Waals surface area contributed by atoms with Gasteiger partial charge in [0.25, 0.3) is 0 Å². The zero-order valence-corrected chi connectivity index (χ0v) is 14.1. The van der Waals surface area contributed by atoms with E-state index in [9.17, 15) is 0 Å². The number of fused-ring (bicyclic) bond motifs is 1. The number of aryl methyl sites for hydroxylation is 1. The lowest BCUT2D eigenvalue weighted by atomic mass is 10.00. The fraction of sp³-hybridized carbons (Fsp3) is 0.647. The molecule has 0 aliphatic carbocycles. The van der Waals surface area contributed by atoms with Crippen LogP contribution in [0.4, 0.5) is 5.82 Å². The van der Waals surface area contributed by atoms with Crippen LogP contribution in [0, 0.1) is 6.92 Å². The van der Waals surface area contributed by atoms with Crippen LogP contribution in [0.5, 0.6) is 0 Å². The van der Waals surface area contributed by atoms with Crippen molar-refractivity contribution in [2.24, 2.45) is 0 Å². The van der Waals surface area contributed by atoms with Gasteiger partial charge in [-0.25, -0.2) is 9.97 Å². The Morgan fingerprint density at radius 3 is 2.59 bits per heavy atom. The molecular weight excluding hydrogens is 292 g/mol. The average molecular weight is 316 g/mol. The van der Waals surface area contributed by atoms with Crippen LogP contribution in [0.15, 0.2) is 11.7 Å². The molecule has 2 aliphatic heterocycles. The van der Waals surface area contributed by atoms with Gasteiger partial charge in [0.1, 0.15) is 12.1 Å². The Bertz CT molecular complexity index is 639. The van der Waals surface area contributed by atoms with Crippen LogP contribution in [0.2, 0.25) is 0 Å². The summed E-state index contributed by atoms with van der Waals surface area (Å²) in [6.07, 6.45) is 8.48. The van der Waals surface area contributed by atoms with Crippen LogP contribution in [-0.2, 0) is 0 Å². The molecule has 5 heteroatoms.